The van der Waals surface area contributed by atoms with Crippen LogP contribution in [0.5, 0.6) is 0 Å². The van der Waals surface area contributed by atoms with Crippen molar-refractivity contribution in [3.63, 3.8) is 0 Å². The number of nitrogens with one attached hydrogen (secondary N) is 1. The summed E-state index contributed by atoms with van der Waals surface area (Å²) in [6.07, 6.45) is 1.49. The van der Waals surface area contributed by atoms with Gasteiger partial charge in [-0.05, 0) is 24.3 Å². The number of anilines is 1. The molecule has 0 spiro atoms. The molecule has 1 heterocycles. The summed E-state index contributed by atoms with van der Waals surface area (Å²) < 4.78 is 1.30. The van der Waals surface area contributed by atoms with Crippen LogP contribution in [-0.4, -0.2) is 21.6 Å². The fraction of sp³-hybridized carbons (Fsp3) is 0.0769. The van der Waals surface area contributed by atoms with Crippen molar-refractivity contribution in [2.24, 2.45) is 0 Å². The first-order valence-electron chi connectivity index (χ1n) is 5.71. The lowest BCUT2D eigenvalue weighted by Gasteiger charge is -2.11. The molecule has 0 atom stereocenters. The fourth-order valence-electron chi connectivity index (χ4n) is 1.74. The van der Waals surface area contributed by atoms with Gasteiger partial charge in [0.05, 0.1) is 15.7 Å². The van der Waals surface area contributed by atoms with Gasteiger partial charge in [-0.2, -0.15) is 0 Å². The molecule has 1 amide bonds. The number of aromatic carboxylic acids is 1. The molecule has 0 saturated heterocycles. The van der Waals surface area contributed by atoms with Crippen LogP contribution in [0.3, 0.4) is 0 Å². The Hall–Kier alpha value is -1.69. The van der Waals surface area contributed by atoms with Gasteiger partial charge in [0.2, 0.25) is 5.91 Å². The van der Waals surface area contributed by atoms with Crippen molar-refractivity contribution in [2.45, 2.75) is 6.54 Å². The summed E-state index contributed by atoms with van der Waals surface area (Å²) in [5, 5.41) is 12.3. The van der Waals surface area contributed by atoms with Gasteiger partial charge in [-0.3, -0.25) is 4.79 Å². The predicted octanol–water partition coefficient (Wildman–Crippen LogP) is 3.79. The average Bonchev–Trinajstić information content (AvgIpc) is 2.82. The number of amides is 1. The first-order valence-corrected chi connectivity index (χ1v) is 6.84. The van der Waals surface area contributed by atoms with E-state index in [0.717, 1.165) is 0 Å². The number of carboxylic acids is 1. The molecule has 2 N–H and O–H groups in total. The molecule has 21 heavy (non-hydrogen) atoms. The summed E-state index contributed by atoms with van der Waals surface area (Å²) in [6.45, 7) is -0.177. The van der Waals surface area contributed by atoms with Crippen LogP contribution in [0.15, 0.2) is 30.5 Å². The van der Waals surface area contributed by atoms with Crippen LogP contribution >= 0.6 is 34.8 Å². The molecule has 0 aliphatic heterocycles. The van der Waals surface area contributed by atoms with Gasteiger partial charge in [0, 0.05) is 11.2 Å². The standard InChI is InChI=1S/C13H9Cl3N2O3/c14-7-4-8(15)12(9(16)5-7)17-11(19)6-18-3-1-2-10(18)13(20)21/h1-5H,6H2,(H,17,19)(H,20,21). The molecule has 0 radical (unpaired) electrons. The largest absolute Gasteiger partial charge is 0.477 e. The van der Waals surface area contributed by atoms with E-state index >= 15 is 0 Å². The van der Waals surface area contributed by atoms with Crippen molar-refractivity contribution in [1.29, 1.82) is 0 Å². The van der Waals surface area contributed by atoms with E-state index in [4.69, 9.17) is 39.9 Å². The zero-order chi connectivity index (χ0) is 15.6. The number of halogens is 3. The van der Waals surface area contributed by atoms with Gasteiger partial charge in [0.25, 0.3) is 0 Å². The average molecular weight is 348 g/mol. The number of hydrogen-bond donors (Lipinski definition) is 2. The number of carbonyl (C=O) groups is 2. The van der Waals surface area contributed by atoms with Gasteiger partial charge in [-0.15, -0.1) is 0 Å². The van der Waals surface area contributed by atoms with Gasteiger partial charge in [0.1, 0.15) is 12.2 Å². The van der Waals surface area contributed by atoms with Crippen LogP contribution < -0.4 is 5.32 Å². The molecular weight excluding hydrogens is 339 g/mol. The van der Waals surface area contributed by atoms with Crippen LogP contribution in [0.1, 0.15) is 10.5 Å². The number of carboxylic acid groups (broad SMARTS) is 1. The maximum Gasteiger partial charge on any atom is 0.352 e. The smallest absolute Gasteiger partial charge is 0.352 e. The number of rotatable bonds is 4. The lowest BCUT2D eigenvalue weighted by molar-refractivity contribution is -0.116. The Bertz CT molecular complexity index is 689. The van der Waals surface area contributed by atoms with Gasteiger partial charge >= 0.3 is 5.97 Å². The second kappa shape index (κ2) is 6.39. The molecule has 2 aromatic rings. The molecule has 0 fully saturated rings. The van der Waals surface area contributed by atoms with Gasteiger partial charge in [0.15, 0.2) is 0 Å². The van der Waals surface area contributed by atoms with Gasteiger partial charge < -0.3 is 15.0 Å². The van der Waals surface area contributed by atoms with Crippen molar-refractivity contribution in [3.8, 4) is 0 Å². The molecule has 1 aromatic heterocycles. The second-order valence-corrected chi connectivity index (χ2v) is 5.37. The molecular formula is C13H9Cl3N2O3. The highest BCUT2D eigenvalue weighted by molar-refractivity contribution is 6.42. The Kier molecular flexibility index (Phi) is 4.77. The maximum absolute atomic E-state index is 12.0. The molecule has 8 heteroatoms. The zero-order valence-electron chi connectivity index (χ0n) is 10.4. The minimum Gasteiger partial charge on any atom is -0.477 e. The highest BCUT2D eigenvalue weighted by Gasteiger charge is 2.14. The van der Waals surface area contributed by atoms with Crippen LogP contribution in [0.2, 0.25) is 15.1 Å². The molecule has 5 nitrogen and oxygen atoms in total. The molecule has 1 aromatic carbocycles. The summed E-state index contributed by atoms with van der Waals surface area (Å²) >= 11 is 17.7. The summed E-state index contributed by atoms with van der Waals surface area (Å²) in [5.41, 5.74) is 0.246. The first kappa shape index (κ1) is 15.7. The number of carbonyl (C=O) groups excluding carboxylic acids is 1. The maximum atomic E-state index is 12.0. The number of hydrogen-bond acceptors (Lipinski definition) is 2. The highest BCUT2D eigenvalue weighted by Crippen LogP contribution is 2.33. The number of nitrogens with zero attached hydrogens (tertiary/aromatic N) is 1. The summed E-state index contributed by atoms with van der Waals surface area (Å²) in [4.78, 5) is 22.9. The van der Waals surface area contributed by atoms with E-state index in [1.54, 1.807) is 6.07 Å². The minimum atomic E-state index is -1.12. The van der Waals surface area contributed by atoms with Crippen molar-refractivity contribution in [1.82, 2.24) is 4.57 Å². The van der Waals surface area contributed by atoms with Crippen molar-refractivity contribution >= 4 is 52.4 Å². The quantitative estimate of drug-likeness (QED) is 0.884. The Balaban J connectivity index is 2.16. The zero-order valence-corrected chi connectivity index (χ0v) is 12.7. The van der Waals surface area contributed by atoms with E-state index < -0.39 is 11.9 Å². The molecule has 0 bridgehead atoms. The molecule has 2 rings (SSSR count). The third-order valence-electron chi connectivity index (χ3n) is 2.63. The van der Waals surface area contributed by atoms with E-state index in [1.807, 2.05) is 0 Å². The normalized spacial score (nSPS) is 10.4. The van der Waals surface area contributed by atoms with Crippen LogP contribution in [0, 0.1) is 0 Å². The topological polar surface area (TPSA) is 71.3 Å². The third-order valence-corrected chi connectivity index (χ3v) is 3.45. The molecule has 0 unspecified atom stereocenters. The van der Waals surface area contributed by atoms with E-state index in [2.05, 4.69) is 5.32 Å². The Labute approximate surface area is 135 Å². The lowest BCUT2D eigenvalue weighted by Crippen LogP contribution is -2.21. The lowest BCUT2D eigenvalue weighted by atomic mass is 10.3. The fourth-order valence-corrected chi connectivity index (χ4v) is 2.65. The van der Waals surface area contributed by atoms with E-state index in [-0.39, 0.29) is 28.0 Å². The number of aromatic nitrogens is 1. The van der Waals surface area contributed by atoms with Crippen LogP contribution in [0.4, 0.5) is 5.69 Å². The third kappa shape index (κ3) is 3.69. The highest BCUT2D eigenvalue weighted by atomic mass is 35.5. The van der Waals surface area contributed by atoms with E-state index in [9.17, 15) is 9.59 Å². The molecule has 0 aliphatic rings. The molecule has 0 saturated carbocycles. The monoisotopic (exact) mass is 346 g/mol. The Morgan fingerprint density at radius 3 is 2.38 bits per heavy atom. The SMILES string of the molecule is O=C(Cn1cccc1C(=O)O)Nc1c(Cl)cc(Cl)cc1Cl. The van der Waals surface area contributed by atoms with Crippen molar-refractivity contribution < 1.29 is 14.7 Å². The van der Waals surface area contributed by atoms with Crippen LogP contribution in [-0.2, 0) is 11.3 Å². The van der Waals surface area contributed by atoms with Crippen molar-refractivity contribution in [3.05, 3.63) is 51.2 Å². The van der Waals surface area contributed by atoms with Crippen LogP contribution in [0.25, 0.3) is 0 Å². The predicted molar refractivity (Wildman–Crippen MR) is 81.5 cm³/mol. The van der Waals surface area contributed by atoms with Gasteiger partial charge in [-0.1, -0.05) is 34.8 Å². The second-order valence-electron chi connectivity index (χ2n) is 4.12. The minimum absolute atomic E-state index is 0.0125. The van der Waals surface area contributed by atoms with Gasteiger partial charge in [-0.25, -0.2) is 4.79 Å². The van der Waals surface area contributed by atoms with Crippen molar-refractivity contribution in [2.75, 3.05) is 5.32 Å². The summed E-state index contributed by atoms with van der Waals surface area (Å²) in [7, 11) is 0. The molecule has 0 aliphatic carbocycles. The summed E-state index contributed by atoms with van der Waals surface area (Å²) in [5.74, 6) is -1.57. The summed E-state index contributed by atoms with van der Waals surface area (Å²) in [6, 6.07) is 5.84. The van der Waals surface area contributed by atoms with E-state index in [0.29, 0.717) is 5.02 Å². The number of benzene rings is 1. The Morgan fingerprint density at radius 1 is 1.19 bits per heavy atom. The molecule has 110 valence electrons. The van der Waals surface area contributed by atoms with E-state index in [1.165, 1.54) is 29.0 Å². The first-order chi connectivity index (χ1) is 9.88. The Morgan fingerprint density at radius 2 is 1.81 bits per heavy atom.